The van der Waals surface area contributed by atoms with Crippen molar-refractivity contribution in [3.05, 3.63) is 41.5 Å². The molecule has 1 aliphatic carbocycles. The fourth-order valence-corrected chi connectivity index (χ4v) is 2.42. The van der Waals surface area contributed by atoms with Gasteiger partial charge in [0, 0.05) is 18.7 Å². The van der Waals surface area contributed by atoms with Gasteiger partial charge in [0.05, 0.1) is 5.54 Å². The second-order valence-corrected chi connectivity index (χ2v) is 5.51. The number of nitrogens with zero attached hydrogens (tertiary/aromatic N) is 2. The molecule has 1 aliphatic rings. The molecule has 3 N–H and O–H groups in total. The van der Waals surface area contributed by atoms with Gasteiger partial charge in [0.15, 0.2) is 5.82 Å². The maximum Gasteiger partial charge on any atom is 0.228 e. The lowest BCUT2D eigenvalue weighted by atomic mass is 9.77. The van der Waals surface area contributed by atoms with Gasteiger partial charge >= 0.3 is 0 Å². The van der Waals surface area contributed by atoms with Gasteiger partial charge < -0.3 is 15.6 Å². The Hall–Kier alpha value is -1.59. The van der Waals surface area contributed by atoms with E-state index in [9.17, 15) is 0 Å². The van der Waals surface area contributed by atoms with Gasteiger partial charge in [-0.25, -0.2) is 0 Å². The molecule has 0 spiro atoms. The van der Waals surface area contributed by atoms with E-state index in [4.69, 9.17) is 10.3 Å². The number of aryl methyl sites for hydroxylation is 1. The van der Waals surface area contributed by atoms with Gasteiger partial charge in [0.2, 0.25) is 5.89 Å². The monoisotopic (exact) mass is 308 g/mol. The molecule has 5 nitrogen and oxygen atoms in total. The van der Waals surface area contributed by atoms with Crippen LogP contribution in [0.25, 0.3) is 0 Å². The SMILES string of the molecule is Cc1ccccc1NCCc1nc(C2(N)CCC2)no1.Cl. The summed E-state index contributed by atoms with van der Waals surface area (Å²) in [6, 6.07) is 8.21. The molecule has 0 aliphatic heterocycles. The molecule has 1 saturated carbocycles. The second-order valence-electron chi connectivity index (χ2n) is 5.51. The van der Waals surface area contributed by atoms with E-state index in [1.807, 2.05) is 12.1 Å². The molecule has 0 amide bonds. The van der Waals surface area contributed by atoms with Crippen molar-refractivity contribution in [2.45, 2.75) is 38.1 Å². The van der Waals surface area contributed by atoms with Crippen molar-refractivity contribution in [1.82, 2.24) is 10.1 Å². The number of hydrogen-bond donors (Lipinski definition) is 2. The van der Waals surface area contributed by atoms with Crippen molar-refractivity contribution < 1.29 is 4.52 Å². The van der Waals surface area contributed by atoms with Gasteiger partial charge in [-0.05, 0) is 37.8 Å². The molecule has 0 saturated heterocycles. The summed E-state index contributed by atoms with van der Waals surface area (Å²) in [7, 11) is 0. The van der Waals surface area contributed by atoms with Crippen LogP contribution in [0.1, 0.15) is 36.5 Å². The predicted molar refractivity (Wildman–Crippen MR) is 84.6 cm³/mol. The third-order valence-corrected chi connectivity index (χ3v) is 3.96. The van der Waals surface area contributed by atoms with Crippen LogP contribution in [0.5, 0.6) is 0 Å². The first-order valence-electron chi connectivity index (χ1n) is 7.09. The van der Waals surface area contributed by atoms with Crippen LogP contribution in [0.2, 0.25) is 0 Å². The molecule has 1 fully saturated rings. The highest BCUT2D eigenvalue weighted by atomic mass is 35.5. The van der Waals surface area contributed by atoms with Crippen LogP contribution >= 0.6 is 12.4 Å². The van der Waals surface area contributed by atoms with E-state index >= 15 is 0 Å². The molecule has 1 aromatic carbocycles. The molecule has 1 aromatic heterocycles. The third-order valence-electron chi connectivity index (χ3n) is 3.96. The lowest BCUT2D eigenvalue weighted by Crippen LogP contribution is -2.44. The average molecular weight is 309 g/mol. The molecule has 21 heavy (non-hydrogen) atoms. The van der Waals surface area contributed by atoms with Crippen LogP contribution in [0, 0.1) is 6.92 Å². The van der Waals surface area contributed by atoms with Gasteiger partial charge in [-0.1, -0.05) is 23.4 Å². The number of nitrogens with two attached hydrogens (primary N) is 1. The van der Waals surface area contributed by atoms with Crippen LogP contribution in [0.4, 0.5) is 5.69 Å². The standard InChI is InChI=1S/C15H20N4O.ClH/c1-11-5-2-3-6-12(11)17-10-7-13-18-14(19-20-13)15(16)8-4-9-15;/h2-3,5-6,17H,4,7-10,16H2,1H3;1H. The molecule has 1 heterocycles. The summed E-state index contributed by atoms with van der Waals surface area (Å²) in [5.41, 5.74) is 8.21. The van der Waals surface area contributed by atoms with Crippen molar-refractivity contribution in [1.29, 1.82) is 0 Å². The number of aromatic nitrogens is 2. The van der Waals surface area contributed by atoms with Crippen molar-refractivity contribution >= 4 is 18.1 Å². The Morgan fingerprint density at radius 3 is 2.76 bits per heavy atom. The molecular formula is C15H21ClN4O. The Bertz CT molecular complexity index is 595. The number of hydrogen-bond acceptors (Lipinski definition) is 5. The number of rotatable bonds is 5. The third kappa shape index (κ3) is 3.36. The number of halogens is 1. The van der Waals surface area contributed by atoms with Gasteiger partial charge in [-0.3, -0.25) is 0 Å². The Morgan fingerprint density at radius 2 is 2.10 bits per heavy atom. The summed E-state index contributed by atoms with van der Waals surface area (Å²) in [6.07, 6.45) is 3.76. The normalized spacial score (nSPS) is 15.9. The minimum atomic E-state index is -0.342. The van der Waals surface area contributed by atoms with E-state index in [1.54, 1.807) is 0 Å². The number of anilines is 1. The lowest BCUT2D eigenvalue weighted by Gasteiger charge is -2.34. The predicted octanol–water partition coefficient (Wildman–Crippen LogP) is 2.79. The van der Waals surface area contributed by atoms with Gasteiger partial charge in [-0.2, -0.15) is 4.98 Å². The molecule has 0 bridgehead atoms. The lowest BCUT2D eigenvalue weighted by molar-refractivity contribution is 0.229. The fourth-order valence-electron chi connectivity index (χ4n) is 2.42. The first-order valence-corrected chi connectivity index (χ1v) is 7.09. The quantitative estimate of drug-likeness (QED) is 0.888. The summed E-state index contributed by atoms with van der Waals surface area (Å²) in [5, 5.41) is 7.39. The maximum atomic E-state index is 6.18. The van der Waals surface area contributed by atoms with E-state index in [2.05, 4.69) is 34.5 Å². The first kappa shape index (κ1) is 15.8. The van der Waals surface area contributed by atoms with Crippen LogP contribution in [0.15, 0.2) is 28.8 Å². The van der Waals surface area contributed by atoms with Crippen LogP contribution in [-0.2, 0) is 12.0 Å². The Balaban J connectivity index is 0.00000161. The zero-order chi connectivity index (χ0) is 14.0. The van der Waals surface area contributed by atoms with Crippen LogP contribution < -0.4 is 11.1 Å². The second kappa shape index (κ2) is 6.45. The number of para-hydroxylation sites is 1. The molecule has 0 unspecified atom stereocenters. The summed E-state index contributed by atoms with van der Waals surface area (Å²) in [4.78, 5) is 4.41. The van der Waals surface area contributed by atoms with Gasteiger partial charge in [0.25, 0.3) is 0 Å². The molecule has 114 valence electrons. The summed E-state index contributed by atoms with van der Waals surface area (Å²) < 4.78 is 5.27. The van der Waals surface area contributed by atoms with Gasteiger partial charge in [-0.15, -0.1) is 12.4 Å². The minimum absolute atomic E-state index is 0. The Labute approximate surface area is 130 Å². The van der Waals surface area contributed by atoms with Crippen LogP contribution in [0.3, 0.4) is 0 Å². The Kier molecular flexibility index (Phi) is 4.85. The zero-order valence-corrected chi connectivity index (χ0v) is 12.9. The van der Waals surface area contributed by atoms with E-state index in [0.717, 1.165) is 31.5 Å². The minimum Gasteiger partial charge on any atom is -0.384 e. The van der Waals surface area contributed by atoms with E-state index in [0.29, 0.717) is 18.1 Å². The van der Waals surface area contributed by atoms with Crippen molar-refractivity contribution in [3.63, 3.8) is 0 Å². The van der Waals surface area contributed by atoms with Gasteiger partial charge in [0.1, 0.15) is 0 Å². The van der Waals surface area contributed by atoms with Crippen molar-refractivity contribution in [2.24, 2.45) is 5.73 Å². The molecular weight excluding hydrogens is 288 g/mol. The summed E-state index contributed by atoms with van der Waals surface area (Å²) in [6.45, 7) is 2.85. The Morgan fingerprint density at radius 1 is 1.33 bits per heavy atom. The fraction of sp³-hybridized carbons (Fsp3) is 0.467. The number of benzene rings is 1. The molecule has 2 aromatic rings. The van der Waals surface area contributed by atoms with E-state index < -0.39 is 0 Å². The van der Waals surface area contributed by atoms with Crippen molar-refractivity contribution in [3.8, 4) is 0 Å². The largest absolute Gasteiger partial charge is 0.384 e. The van der Waals surface area contributed by atoms with Crippen molar-refractivity contribution in [2.75, 3.05) is 11.9 Å². The first-order chi connectivity index (χ1) is 9.67. The molecule has 0 radical (unpaired) electrons. The smallest absolute Gasteiger partial charge is 0.228 e. The average Bonchev–Trinajstić information content (AvgIpc) is 2.87. The molecule has 6 heteroatoms. The maximum absolute atomic E-state index is 6.18. The zero-order valence-electron chi connectivity index (χ0n) is 12.1. The molecule has 0 atom stereocenters. The highest BCUT2D eigenvalue weighted by Crippen LogP contribution is 2.36. The van der Waals surface area contributed by atoms with E-state index in [1.165, 1.54) is 5.56 Å². The highest BCUT2D eigenvalue weighted by Gasteiger charge is 2.38. The van der Waals surface area contributed by atoms with Crippen LogP contribution in [-0.4, -0.2) is 16.7 Å². The number of nitrogens with one attached hydrogen (secondary N) is 1. The highest BCUT2D eigenvalue weighted by molar-refractivity contribution is 5.85. The summed E-state index contributed by atoms with van der Waals surface area (Å²) >= 11 is 0. The molecule has 3 rings (SSSR count). The summed E-state index contributed by atoms with van der Waals surface area (Å²) in [5.74, 6) is 1.31. The van der Waals surface area contributed by atoms with E-state index in [-0.39, 0.29) is 17.9 Å². The topological polar surface area (TPSA) is 77.0 Å².